The molecule has 1 amide bonds. The van der Waals surface area contributed by atoms with E-state index in [2.05, 4.69) is 46.9 Å². The molecule has 2 heterocycles. The van der Waals surface area contributed by atoms with E-state index in [1.54, 1.807) is 0 Å². The van der Waals surface area contributed by atoms with Gasteiger partial charge in [-0.15, -0.1) is 0 Å². The van der Waals surface area contributed by atoms with E-state index < -0.39 is 0 Å². The van der Waals surface area contributed by atoms with Crippen molar-refractivity contribution in [3.05, 3.63) is 35.5 Å². The summed E-state index contributed by atoms with van der Waals surface area (Å²) in [5, 5.41) is 7.92. The maximum Gasteiger partial charge on any atom is 0.229 e. The first-order valence-corrected chi connectivity index (χ1v) is 10.4. The summed E-state index contributed by atoms with van der Waals surface area (Å²) >= 11 is 0. The summed E-state index contributed by atoms with van der Waals surface area (Å²) in [7, 11) is 0. The molecule has 156 valence electrons. The summed E-state index contributed by atoms with van der Waals surface area (Å²) in [5.41, 5.74) is 1.81. The highest BCUT2D eigenvalue weighted by atomic mass is 16.6. The van der Waals surface area contributed by atoms with Crippen LogP contribution in [0.2, 0.25) is 0 Å². The van der Waals surface area contributed by atoms with Gasteiger partial charge in [0.05, 0.1) is 11.2 Å². The van der Waals surface area contributed by atoms with E-state index in [4.69, 9.17) is 14.6 Å². The average molecular weight is 398 g/mol. The van der Waals surface area contributed by atoms with Crippen LogP contribution in [-0.4, -0.2) is 28.9 Å². The molecule has 2 unspecified atom stereocenters. The molecule has 29 heavy (non-hydrogen) atoms. The Kier molecular flexibility index (Phi) is 4.63. The van der Waals surface area contributed by atoms with E-state index in [1.807, 2.05) is 28.9 Å². The van der Waals surface area contributed by atoms with E-state index in [-0.39, 0.29) is 28.7 Å². The van der Waals surface area contributed by atoms with Crippen molar-refractivity contribution in [1.29, 1.82) is 0 Å². The van der Waals surface area contributed by atoms with Gasteiger partial charge in [-0.2, -0.15) is 5.10 Å². The number of amides is 1. The topological polar surface area (TPSA) is 65.4 Å². The second-order valence-corrected chi connectivity index (χ2v) is 10.1. The van der Waals surface area contributed by atoms with Crippen LogP contribution in [0.4, 0.5) is 5.82 Å². The Bertz CT molecular complexity index is 934. The van der Waals surface area contributed by atoms with E-state index in [9.17, 15) is 4.79 Å². The normalized spacial score (nSPS) is 21.0. The summed E-state index contributed by atoms with van der Waals surface area (Å²) in [6.07, 6.45) is 0.848. The van der Waals surface area contributed by atoms with Crippen molar-refractivity contribution in [2.45, 2.75) is 64.8 Å². The van der Waals surface area contributed by atoms with Crippen LogP contribution < -0.4 is 14.8 Å². The Labute approximate surface area is 172 Å². The Morgan fingerprint density at radius 3 is 2.41 bits per heavy atom. The number of hydrogen-bond acceptors (Lipinski definition) is 4. The zero-order valence-corrected chi connectivity index (χ0v) is 18.2. The quantitative estimate of drug-likeness (QED) is 0.831. The third-order valence-electron chi connectivity index (χ3n) is 5.49. The highest BCUT2D eigenvalue weighted by molar-refractivity contribution is 5.94. The third-order valence-corrected chi connectivity index (χ3v) is 5.49. The number of ether oxygens (including phenoxy) is 2. The molecule has 0 bridgehead atoms. The number of carbonyl (C=O) groups excluding carboxylic acids is 1. The number of benzene rings is 1. The lowest BCUT2D eigenvalue weighted by atomic mass is 9.92. The molecule has 1 saturated carbocycles. The van der Waals surface area contributed by atoms with Crippen LogP contribution in [0.25, 0.3) is 0 Å². The molecule has 4 rings (SSSR count). The van der Waals surface area contributed by atoms with Gasteiger partial charge in [-0.25, -0.2) is 4.68 Å². The first-order valence-electron chi connectivity index (χ1n) is 10.4. The molecule has 0 saturated heterocycles. The van der Waals surface area contributed by atoms with Crippen LogP contribution in [0.5, 0.6) is 11.5 Å². The van der Waals surface area contributed by atoms with E-state index in [0.717, 1.165) is 35.0 Å². The maximum atomic E-state index is 13.0. The molecule has 0 spiro atoms. The molecule has 1 aliphatic carbocycles. The largest absolute Gasteiger partial charge is 0.486 e. The lowest BCUT2D eigenvalue weighted by Crippen LogP contribution is -2.27. The molecule has 2 atom stereocenters. The highest BCUT2D eigenvalue weighted by Gasteiger charge is 2.44. The van der Waals surface area contributed by atoms with Gasteiger partial charge in [0.2, 0.25) is 5.91 Å². The van der Waals surface area contributed by atoms with Gasteiger partial charge >= 0.3 is 0 Å². The van der Waals surface area contributed by atoms with E-state index in [0.29, 0.717) is 13.2 Å². The second-order valence-electron chi connectivity index (χ2n) is 10.1. The van der Waals surface area contributed by atoms with Crippen LogP contribution >= 0.6 is 0 Å². The Balaban J connectivity index is 1.50. The summed E-state index contributed by atoms with van der Waals surface area (Å²) in [6, 6.07) is 8.01. The fraction of sp³-hybridized carbons (Fsp3) is 0.565. The Hall–Kier alpha value is -2.50. The number of fused-ring (bicyclic) bond motifs is 1. The van der Waals surface area contributed by atoms with Gasteiger partial charge in [-0.3, -0.25) is 4.79 Å². The maximum absolute atomic E-state index is 13.0. The number of anilines is 1. The van der Waals surface area contributed by atoms with Crippen molar-refractivity contribution in [2.24, 2.45) is 5.92 Å². The van der Waals surface area contributed by atoms with Crippen LogP contribution in [0.3, 0.4) is 0 Å². The van der Waals surface area contributed by atoms with Crippen LogP contribution in [0.15, 0.2) is 24.3 Å². The molecule has 1 N–H and O–H groups in total. The summed E-state index contributed by atoms with van der Waals surface area (Å²) in [4.78, 5) is 13.0. The van der Waals surface area contributed by atoms with Gasteiger partial charge in [-0.1, -0.05) is 26.8 Å². The Morgan fingerprint density at radius 2 is 1.76 bits per heavy atom. The van der Waals surface area contributed by atoms with Crippen LogP contribution in [0.1, 0.15) is 65.1 Å². The zero-order chi connectivity index (χ0) is 21.0. The number of rotatable bonds is 3. The molecule has 0 radical (unpaired) electrons. The predicted octanol–water partition coefficient (Wildman–Crippen LogP) is 4.45. The molecule has 6 heteroatoms. The second kappa shape index (κ2) is 6.78. The fourth-order valence-electron chi connectivity index (χ4n) is 3.71. The lowest BCUT2D eigenvalue weighted by molar-refractivity contribution is -0.117. The monoisotopic (exact) mass is 397 g/mol. The van der Waals surface area contributed by atoms with Crippen molar-refractivity contribution in [3.63, 3.8) is 0 Å². The minimum absolute atomic E-state index is 0.0287. The number of carbonyl (C=O) groups is 1. The van der Waals surface area contributed by atoms with Gasteiger partial charge in [0.1, 0.15) is 19.0 Å². The molecule has 2 aliphatic rings. The number of aromatic nitrogens is 2. The summed E-state index contributed by atoms with van der Waals surface area (Å²) in [5.74, 6) is 2.57. The first-order chi connectivity index (χ1) is 13.5. The van der Waals surface area contributed by atoms with Gasteiger partial charge in [0.15, 0.2) is 11.5 Å². The van der Waals surface area contributed by atoms with E-state index in [1.165, 1.54) is 0 Å². The average Bonchev–Trinajstić information content (AvgIpc) is 3.32. The van der Waals surface area contributed by atoms with Gasteiger partial charge in [-0.05, 0) is 50.8 Å². The van der Waals surface area contributed by atoms with Crippen molar-refractivity contribution in [1.82, 2.24) is 9.78 Å². The third kappa shape index (κ3) is 3.98. The molecule has 1 fully saturated rings. The number of hydrogen-bond donors (Lipinski definition) is 1. The molecule has 1 aliphatic heterocycles. The van der Waals surface area contributed by atoms with Crippen LogP contribution in [0, 0.1) is 5.92 Å². The minimum atomic E-state index is -0.217. The van der Waals surface area contributed by atoms with Crippen molar-refractivity contribution >= 4 is 11.7 Å². The fourth-order valence-corrected chi connectivity index (χ4v) is 3.71. The standard InChI is InChI=1S/C23H31N3O3/c1-22(2,3)19-13-20(26(25-19)23(4,5)6)24-21(27)16-12-15(16)14-7-8-17-18(11-14)29-10-9-28-17/h7-8,11,13,15-16H,9-10,12H2,1-6H3,(H,24,27). The molecular weight excluding hydrogens is 366 g/mol. The van der Waals surface area contributed by atoms with Gasteiger partial charge in [0.25, 0.3) is 0 Å². The minimum Gasteiger partial charge on any atom is -0.486 e. The van der Waals surface area contributed by atoms with Crippen molar-refractivity contribution in [3.8, 4) is 11.5 Å². The summed E-state index contributed by atoms with van der Waals surface area (Å²) < 4.78 is 13.2. The number of nitrogens with zero attached hydrogens (tertiary/aromatic N) is 2. The molecule has 1 aromatic carbocycles. The molecule has 6 nitrogen and oxygen atoms in total. The van der Waals surface area contributed by atoms with Crippen molar-refractivity contribution < 1.29 is 14.3 Å². The smallest absolute Gasteiger partial charge is 0.229 e. The van der Waals surface area contributed by atoms with Crippen LogP contribution in [-0.2, 0) is 15.7 Å². The summed E-state index contributed by atoms with van der Waals surface area (Å²) in [6.45, 7) is 13.8. The van der Waals surface area contributed by atoms with E-state index >= 15 is 0 Å². The molecule has 1 aromatic heterocycles. The zero-order valence-electron chi connectivity index (χ0n) is 18.2. The molecular formula is C23H31N3O3. The highest BCUT2D eigenvalue weighted by Crippen LogP contribution is 2.50. The van der Waals surface area contributed by atoms with Gasteiger partial charge < -0.3 is 14.8 Å². The lowest BCUT2D eigenvalue weighted by Gasteiger charge is -2.23. The van der Waals surface area contributed by atoms with Crippen molar-refractivity contribution in [2.75, 3.05) is 18.5 Å². The Morgan fingerprint density at radius 1 is 1.07 bits per heavy atom. The predicted molar refractivity (Wildman–Crippen MR) is 113 cm³/mol. The number of nitrogens with one attached hydrogen (secondary N) is 1. The van der Waals surface area contributed by atoms with Gasteiger partial charge in [0, 0.05) is 17.4 Å². The SMILES string of the molecule is CC(C)(C)c1cc(NC(=O)C2CC2c2ccc3c(c2)OCCO3)n(C(C)(C)C)n1. The first kappa shape index (κ1) is 19.8. The molecule has 2 aromatic rings.